The molecule has 0 aromatic carbocycles. The van der Waals surface area contributed by atoms with Gasteiger partial charge < -0.3 is 5.32 Å². The number of fused-ring (bicyclic) bond motifs is 2. The molecule has 0 unspecified atom stereocenters. The van der Waals surface area contributed by atoms with Crippen molar-refractivity contribution >= 4 is 5.65 Å². The highest BCUT2D eigenvalue weighted by Gasteiger charge is 2.16. The molecule has 1 aliphatic carbocycles. The molecule has 3 aromatic rings. The maximum atomic E-state index is 4.46. The summed E-state index contributed by atoms with van der Waals surface area (Å²) in [7, 11) is 0. The van der Waals surface area contributed by atoms with Crippen LogP contribution < -0.4 is 5.32 Å². The Bertz CT molecular complexity index is 756. The van der Waals surface area contributed by atoms with Crippen molar-refractivity contribution in [3.05, 3.63) is 47.4 Å². The number of aromatic amines is 1. The molecule has 0 radical (unpaired) electrons. The SMILES string of the molecule is c1cn2c(CNCc3n[nH]c4c3CCCC4)cnc2cn1. The molecule has 6 nitrogen and oxygen atoms in total. The van der Waals surface area contributed by atoms with Crippen molar-refractivity contribution in [2.75, 3.05) is 0 Å². The molecule has 1 aliphatic rings. The van der Waals surface area contributed by atoms with Crippen molar-refractivity contribution in [2.24, 2.45) is 0 Å². The molecule has 4 rings (SSSR count). The zero-order chi connectivity index (χ0) is 14.1. The fourth-order valence-corrected chi connectivity index (χ4v) is 3.03. The van der Waals surface area contributed by atoms with Crippen LogP contribution >= 0.6 is 0 Å². The van der Waals surface area contributed by atoms with Gasteiger partial charge >= 0.3 is 0 Å². The standard InChI is InChI=1S/C15H18N6/c1-2-4-13-12(3-1)14(20-19-13)9-17-7-11-8-18-15-10-16-5-6-21(11)15/h5-6,8,10,17H,1-4,7,9H2,(H,19,20). The Balaban J connectivity index is 1.45. The molecule has 21 heavy (non-hydrogen) atoms. The Morgan fingerprint density at radius 3 is 3.14 bits per heavy atom. The molecule has 0 atom stereocenters. The van der Waals surface area contributed by atoms with Gasteiger partial charge in [-0.2, -0.15) is 5.10 Å². The second-order valence-electron chi connectivity index (χ2n) is 5.49. The predicted octanol–water partition coefficient (Wildman–Crippen LogP) is 1.62. The molecule has 0 spiro atoms. The molecule has 0 saturated carbocycles. The third kappa shape index (κ3) is 2.31. The van der Waals surface area contributed by atoms with Gasteiger partial charge in [-0.1, -0.05) is 0 Å². The minimum absolute atomic E-state index is 0.771. The Morgan fingerprint density at radius 2 is 2.14 bits per heavy atom. The number of nitrogens with zero attached hydrogens (tertiary/aromatic N) is 4. The van der Waals surface area contributed by atoms with Crippen molar-refractivity contribution in [1.82, 2.24) is 29.9 Å². The van der Waals surface area contributed by atoms with E-state index in [4.69, 9.17) is 0 Å². The van der Waals surface area contributed by atoms with Gasteiger partial charge in [-0.15, -0.1) is 0 Å². The summed E-state index contributed by atoms with van der Waals surface area (Å²) in [5.41, 5.74) is 5.94. The summed E-state index contributed by atoms with van der Waals surface area (Å²) >= 11 is 0. The van der Waals surface area contributed by atoms with Crippen molar-refractivity contribution in [3.8, 4) is 0 Å². The summed E-state index contributed by atoms with van der Waals surface area (Å²) in [5, 5.41) is 11.1. The summed E-state index contributed by atoms with van der Waals surface area (Å²) in [4.78, 5) is 8.42. The zero-order valence-corrected chi connectivity index (χ0v) is 11.8. The predicted molar refractivity (Wildman–Crippen MR) is 78.8 cm³/mol. The van der Waals surface area contributed by atoms with Gasteiger partial charge in [-0.3, -0.25) is 14.5 Å². The van der Waals surface area contributed by atoms with Crippen molar-refractivity contribution in [1.29, 1.82) is 0 Å². The summed E-state index contributed by atoms with van der Waals surface area (Å²) in [6.45, 7) is 1.57. The number of aryl methyl sites for hydroxylation is 1. The summed E-state index contributed by atoms with van der Waals surface area (Å²) in [5.74, 6) is 0. The van der Waals surface area contributed by atoms with Crippen LogP contribution in [-0.2, 0) is 25.9 Å². The average molecular weight is 282 g/mol. The summed E-state index contributed by atoms with van der Waals surface area (Å²) < 4.78 is 2.06. The number of nitrogens with one attached hydrogen (secondary N) is 2. The van der Waals surface area contributed by atoms with Gasteiger partial charge in [0.15, 0.2) is 5.65 Å². The maximum absolute atomic E-state index is 4.46. The smallest absolute Gasteiger partial charge is 0.155 e. The van der Waals surface area contributed by atoms with E-state index >= 15 is 0 Å². The quantitative estimate of drug-likeness (QED) is 0.763. The van der Waals surface area contributed by atoms with Gasteiger partial charge in [-0.25, -0.2) is 4.98 Å². The zero-order valence-electron chi connectivity index (χ0n) is 11.8. The van der Waals surface area contributed by atoms with Crippen molar-refractivity contribution in [2.45, 2.75) is 38.8 Å². The van der Waals surface area contributed by atoms with E-state index in [1.807, 2.05) is 12.4 Å². The van der Waals surface area contributed by atoms with Crippen LogP contribution in [0.2, 0.25) is 0 Å². The lowest BCUT2D eigenvalue weighted by atomic mass is 9.96. The third-order valence-corrected chi connectivity index (χ3v) is 4.13. The molecular formula is C15H18N6. The van der Waals surface area contributed by atoms with E-state index in [-0.39, 0.29) is 0 Å². The summed E-state index contributed by atoms with van der Waals surface area (Å²) in [6.07, 6.45) is 12.2. The van der Waals surface area contributed by atoms with Gasteiger partial charge in [0.05, 0.1) is 23.8 Å². The fraction of sp³-hybridized carbons (Fsp3) is 0.400. The van der Waals surface area contributed by atoms with Crippen LogP contribution in [0.5, 0.6) is 0 Å². The van der Waals surface area contributed by atoms with Crippen LogP contribution in [0.25, 0.3) is 5.65 Å². The molecule has 2 N–H and O–H groups in total. The maximum Gasteiger partial charge on any atom is 0.155 e. The van der Waals surface area contributed by atoms with Crippen molar-refractivity contribution in [3.63, 3.8) is 0 Å². The largest absolute Gasteiger partial charge is 0.305 e. The normalized spacial score (nSPS) is 14.5. The van der Waals surface area contributed by atoms with Crippen LogP contribution in [0.4, 0.5) is 0 Å². The Kier molecular flexibility index (Phi) is 3.16. The van der Waals surface area contributed by atoms with E-state index in [0.29, 0.717) is 0 Å². The molecular weight excluding hydrogens is 264 g/mol. The number of H-pyrrole nitrogens is 1. The van der Waals surface area contributed by atoms with E-state index < -0.39 is 0 Å². The number of hydrogen-bond donors (Lipinski definition) is 2. The average Bonchev–Trinajstić information content (AvgIpc) is 3.13. The fourth-order valence-electron chi connectivity index (χ4n) is 3.03. The molecule has 6 heteroatoms. The van der Waals surface area contributed by atoms with Crippen LogP contribution in [0.15, 0.2) is 24.8 Å². The number of rotatable bonds is 4. The molecule has 3 heterocycles. The van der Waals surface area contributed by atoms with Crippen LogP contribution in [0.1, 0.15) is 35.5 Å². The number of hydrogen-bond acceptors (Lipinski definition) is 4. The highest BCUT2D eigenvalue weighted by atomic mass is 15.1. The van der Waals surface area contributed by atoms with E-state index in [2.05, 4.69) is 29.9 Å². The molecule has 108 valence electrons. The molecule has 0 bridgehead atoms. The Labute approximate surface area is 122 Å². The topological polar surface area (TPSA) is 70.9 Å². The second kappa shape index (κ2) is 5.29. The lowest BCUT2D eigenvalue weighted by molar-refractivity contribution is 0.644. The van der Waals surface area contributed by atoms with Gasteiger partial charge in [0.25, 0.3) is 0 Å². The van der Waals surface area contributed by atoms with Crippen molar-refractivity contribution < 1.29 is 0 Å². The molecule has 0 aliphatic heterocycles. The highest BCUT2D eigenvalue weighted by molar-refractivity contribution is 5.36. The van der Waals surface area contributed by atoms with Gasteiger partial charge in [-0.05, 0) is 31.2 Å². The first-order valence-electron chi connectivity index (χ1n) is 7.43. The second-order valence-corrected chi connectivity index (χ2v) is 5.49. The number of imidazole rings is 1. The first kappa shape index (κ1) is 12.5. The van der Waals surface area contributed by atoms with Crippen LogP contribution in [-0.4, -0.2) is 24.6 Å². The van der Waals surface area contributed by atoms with Gasteiger partial charge in [0, 0.05) is 31.2 Å². The van der Waals surface area contributed by atoms with Crippen LogP contribution in [0, 0.1) is 0 Å². The summed E-state index contributed by atoms with van der Waals surface area (Å²) in [6, 6.07) is 0. The Morgan fingerprint density at radius 1 is 1.19 bits per heavy atom. The van der Waals surface area contributed by atoms with Gasteiger partial charge in [0.1, 0.15) is 0 Å². The monoisotopic (exact) mass is 282 g/mol. The molecule has 0 fully saturated rings. The Hall–Kier alpha value is -2.21. The number of aromatic nitrogens is 5. The minimum atomic E-state index is 0.771. The lowest BCUT2D eigenvalue weighted by Crippen LogP contribution is -2.16. The van der Waals surface area contributed by atoms with E-state index in [0.717, 1.165) is 37.3 Å². The van der Waals surface area contributed by atoms with E-state index in [1.54, 1.807) is 12.4 Å². The highest BCUT2D eigenvalue weighted by Crippen LogP contribution is 2.21. The lowest BCUT2D eigenvalue weighted by Gasteiger charge is -2.11. The first-order valence-corrected chi connectivity index (χ1v) is 7.43. The van der Waals surface area contributed by atoms with Crippen LogP contribution in [0.3, 0.4) is 0 Å². The minimum Gasteiger partial charge on any atom is -0.305 e. The first-order chi connectivity index (χ1) is 10.4. The molecule has 0 saturated heterocycles. The van der Waals surface area contributed by atoms with Gasteiger partial charge in [0.2, 0.25) is 0 Å². The molecule has 0 amide bonds. The third-order valence-electron chi connectivity index (χ3n) is 4.13. The van der Waals surface area contributed by atoms with E-state index in [1.165, 1.54) is 29.8 Å². The molecule has 3 aromatic heterocycles. The van der Waals surface area contributed by atoms with E-state index in [9.17, 15) is 0 Å².